The summed E-state index contributed by atoms with van der Waals surface area (Å²) in [6, 6.07) is 0. The van der Waals surface area contributed by atoms with E-state index in [-0.39, 0.29) is 5.96 Å². The Kier molecular flexibility index (Phi) is 9.96. The number of hydrogen-bond acceptors (Lipinski definition) is 1. The first kappa shape index (κ1) is 12.0. The van der Waals surface area contributed by atoms with Gasteiger partial charge in [0.25, 0.3) is 0 Å². The zero-order valence-corrected chi connectivity index (χ0v) is 7.46. The van der Waals surface area contributed by atoms with E-state index in [4.69, 9.17) is 16.9 Å². The largest absolute Gasteiger partial charge is 0.338 e. The van der Waals surface area contributed by atoms with Crippen LogP contribution in [-0.4, -0.2) is 24.3 Å². The minimum absolute atomic E-state index is 0.255. The van der Waals surface area contributed by atoms with E-state index in [1.807, 2.05) is 13.2 Å². The molecule has 0 aliphatic rings. The third kappa shape index (κ3) is 26.6. The van der Waals surface area contributed by atoms with Gasteiger partial charge in [-0.1, -0.05) is 11.8 Å². The van der Waals surface area contributed by atoms with E-state index in [0.29, 0.717) is 0 Å². The van der Waals surface area contributed by atoms with Gasteiger partial charge in [-0.15, -0.1) is 0 Å². The lowest BCUT2D eigenvalue weighted by atomic mass is 10.9. The van der Waals surface area contributed by atoms with Gasteiger partial charge in [0, 0.05) is 6.92 Å². The molecule has 0 bridgehead atoms. The standard InChI is InChI=1S/C3H7NS.C2H7N3/c1-3(4)5-2;1-5-2(3)4/h4H,1-2H3;1H3,(H4,3,4,5)/p+2. The fourth-order valence-corrected chi connectivity index (χ4v) is 0. The van der Waals surface area contributed by atoms with Crippen LogP contribution in [0.5, 0.6) is 0 Å². The number of nitrogens with two attached hydrogens (primary N) is 3. The van der Waals surface area contributed by atoms with Gasteiger partial charge in [-0.25, -0.2) is 0 Å². The van der Waals surface area contributed by atoms with Crippen molar-refractivity contribution in [2.24, 2.45) is 11.5 Å². The Hall–Kier alpha value is -0.710. The molecule has 0 rings (SSSR count). The second kappa shape index (κ2) is 8.29. The van der Waals surface area contributed by atoms with Crippen molar-refractivity contribution in [1.29, 1.82) is 0 Å². The number of hydrogen-bond donors (Lipinski definition) is 4. The molecule has 60 valence electrons. The Bertz CT molecular complexity index is 117. The molecule has 0 aromatic heterocycles. The Morgan fingerprint density at radius 1 is 1.50 bits per heavy atom. The molecule has 0 aromatic rings. The summed E-state index contributed by atoms with van der Waals surface area (Å²) < 4.78 is 0. The first-order valence-electron chi connectivity index (χ1n) is 2.73. The average molecular weight is 164 g/mol. The molecule has 0 amide bonds. The summed E-state index contributed by atoms with van der Waals surface area (Å²) in [5.74, 6) is 0.255. The lowest BCUT2D eigenvalue weighted by Gasteiger charge is -1.69. The Morgan fingerprint density at radius 2 is 1.70 bits per heavy atom. The van der Waals surface area contributed by atoms with Crippen LogP contribution in [0.15, 0.2) is 0 Å². The summed E-state index contributed by atoms with van der Waals surface area (Å²) in [7, 11) is 1.66. The summed E-state index contributed by atoms with van der Waals surface area (Å²) in [5.41, 5.74) is 9.75. The first-order chi connectivity index (χ1) is 4.54. The molecule has 0 spiro atoms. The van der Waals surface area contributed by atoms with E-state index < -0.39 is 0 Å². The molecule has 0 unspecified atom stereocenters. The van der Waals surface area contributed by atoms with Gasteiger partial charge in [0.15, 0.2) is 0 Å². The quantitative estimate of drug-likeness (QED) is 0.221. The van der Waals surface area contributed by atoms with Crippen molar-refractivity contribution in [3.8, 4) is 0 Å². The Balaban J connectivity index is 0. The number of rotatable bonds is 0. The highest BCUT2D eigenvalue weighted by atomic mass is 32.2. The average Bonchev–Trinajstić information content (AvgIpc) is 1.89. The van der Waals surface area contributed by atoms with Crippen molar-refractivity contribution >= 4 is 22.8 Å². The van der Waals surface area contributed by atoms with Gasteiger partial charge in [0.1, 0.15) is 0 Å². The van der Waals surface area contributed by atoms with Crippen LogP contribution in [-0.2, 0) is 0 Å². The number of nitrogens with one attached hydrogen (secondary N) is 1. The summed E-state index contributed by atoms with van der Waals surface area (Å²) in [6.07, 6.45) is 1.95. The van der Waals surface area contributed by atoms with Crippen LogP contribution < -0.4 is 21.9 Å². The van der Waals surface area contributed by atoms with Gasteiger partial charge in [0.2, 0.25) is 5.04 Å². The maximum atomic E-state index is 5.17. The SMILES string of the molecule is CSC(C)=[NH2+].C[NH+]=C(N)N. The van der Waals surface area contributed by atoms with Crippen LogP contribution in [0.25, 0.3) is 0 Å². The maximum absolute atomic E-state index is 5.17. The molecule has 0 atom stereocenters. The summed E-state index contributed by atoms with van der Waals surface area (Å²) in [5, 5.41) is 6.09. The first-order valence-corrected chi connectivity index (χ1v) is 3.95. The Morgan fingerprint density at radius 3 is 1.70 bits per heavy atom. The Labute approximate surface area is 65.6 Å². The molecular weight excluding hydrogens is 148 g/mol. The topological polar surface area (TPSA) is 91.6 Å². The minimum Gasteiger partial charge on any atom is -0.291 e. The predicted octanol–water partition coefficient (Wildman–Crippen LogP) is -3.50. The van der Waals surface area contributed by atoms with E-state index in [0.717, 1.165) is 5.04 Å². The van der Waals surface area contributed by atoms with Crippen molar-refractivity contribution in [3.05, 3.63) is 0 Å². The van der Waals surface area contributed by atoms with Crippen LogP contribution in [0.2, 0.25) is 0 Å². The fourth-order valence-electron chi connectivity index (χ4n) is 0. The molecule has 0 aliphatic heterocycles. The third-order valence-electron chi connectivity index (χ3n) is 0.611. The molecule has 0 saturated heterocycles. The van der Waals surface area contributed by atoms with Gasteiger partial charge >= 0.3 is 5.96 Å². The molecular formula is C5H16N4S+2. The molecule has 5 heteroatoms. The zero-order chi connectivity index (χ0) is 8.57. The van der Waals surface area contributed by atoms with Gasteiger partial charge in [-0.2, -0.15) is 0 Å². The van der Waals surface area contributed by atoms with Gasteiger partial charge in [-0.3, -0.25) is 21.9 Å². The molecule has 10 heavy (non-hydrogen) atoms. The molecule has 0 heterocycles. The van der Waals surface area contributed by atoms with E-state index in [1.165, 1.54) is 0 Å². The highest BCUT2D eigenvalue weighted by Gasteiger charge is 1.79. The molecule has 4 nitrogen and oxygen atoms in total. The van der Waals surface area contributed by atoms with Crippen LogP contribution >= 0.6 is 11.8 Å². The summed E-state index contributed by atoms with van der Waals surface area (Å²) in [6.45, 7) is 1.88. The molecule has 0 aliphatic carbocycles. The van der Waals surface area contributed by atoms with E-state index in [9.17, 15) is 0 Å². The smallest absolute Gasteiger partial charge is 0.291 e. The van der Waals surface area contributed by atoms with Crippen molar-refractivity contribution in [3.63, 3.8) is 0 Å². The third-order valence-corrected chi connectivity index (χ3v) is 1.25. The molecule has 0 saturated carbocycles. The zero-order valence-electron chi connectivity index (χ0n) is 6.64. The van der Waals surface area contributed by atoms with Crippen LogP contribution in [0.4, 0.5) is 0 Å². The van der Waals surface area contributed by atoms with Crippen LogP contribution in [0, 0.1) is 0 Å². The molecule has 0 fully saturated rings. The fraction of sp³-hybridized carbons (Fsp3) is 0.600. The van der Waals surface area contributed by atoms with E-state index in [1.54, 1.807) is 18.8 Å². The second-order valence-electron chi connectivity index (χ2n) is 1.52. The van der Waals surface area contributed by atoms with Gasteiger partial charge < -0.3 is 0 Å². The van der Waals surface area contributed by atoms with Gasteiger partial charge in [0.05, 0.1) is 7.05 Å². The number of thioether (sulfide) groups is 1. The van der Waals surface area contributed by atoms with Crippen molar-refractivity contribution in [2.75, 3.05) is 13.3 Å². The number of guanidine groups is 1. The normalized spacial score (nSPS) is 7.10. The molecule has 7 N–H and O–H groups in total. The second-order valence-corrected chi connectivity index (χ2v) is 2.57. The molecule has 0 radical (unpaired) electrons. The van der Waals surface area contributed by atoms with E-state index in [2.05, 4.69) is 4.99 Å². The monoisotopic (exact) mass is 164 g/mol. The highest BCUT2D eigenvalue weighted by molar-refractivity contribution is 8.12. The van der Waals surface area contributed by atoms with Crippen molar-refractivity contribution < 1.29 is 10.4 Å². The van der Waals surface area contributed by atoms with Crippen molar-refractivity contribution in [1.82, 2.24) is 0 Å². The maximum Gasteiger partial charge on any atom is 0.338 e. The lowest BCUT2D eigenvalue weighted by molar-refractivity contribution is -0.422. The predicted molar refractivity (Wildman–Crippen MR) is 46.4 cm³/mol. The van der Waals surface area contributed by atoms with E-state index >= 15 is 0 Å². The van der Waals surface area contributed by atoms with Crippen LogP contribution in [0.1, 0.15) is 6.92 Å². The van der Waals surface area contributed by atoms with Crippen molar-refractivity contribution in [2.45, 2.75) is 6.92 Å². The highest BCUT2D eigenvalue weighted by Crippen LogP contribution is 1.85. The van der Waals surface area contributed by atoms with Gasteiger partial charge in [-0.05, 0) is 6.26 Å². The van der Waals surface area contributed by atoms with Crippen LogP contribution in [0.3, 0.4) is 0 Å². The lowest BCUT2D eigenvalue weighted by Crippen LogP contribution is -2.73. The molecule has 0 aromatic carbocycles. The minimum atomic E-state index is 0.255. The summed E-state index contributed by atoms with van der Waals surface area (Å²) in [4.78, 5) is 2.50. The summed E-state index contributed by atoms with van der Waals surface area (Å²) >= 11 is 1.57.